The third-order valence-corrected chi connectivity index (χ3v) is 5.89. The molecular formula is C20H23FN6OS. The molecule has 0 amide bonds. The van der Waals surface area contributed by atoms with Crippen LogP contribution in [-0.4, -0.2) is 45.2 Å². The van der Waals surface area contributed by atoms with E-state index in [-0.39, 0.29) is 11.4 Å². The summed E-state index contributed by atoms with van der Waals surface area (Å²) in [7, 11) is 0. The number of imidazole rings is 1. The van der Waals surface area contributed by atoms with E-state index in [0.29, 0.717) is 21.4 Å². The molecule has 152 valence electrons. The maximum absolute atomic E-state index is 14.4. The molecule has 4 aromatic rings. The number of aromatic nitrogens is 4. The van der Waals surface area contributed by atoms with E-state index in [1.165, 1.54) is 17.4 Å². The molecule has 5 heterocycles. The molecule has 0 aliphatic carbocycles. The number of hydrogen-bond acceptors (Lipinski definition) is 6. The molecule has 0 bridgehead atoms. The SMILES string of the molecule is CC.Cc1cn2cc(-c3cc4ncn(N5CCNCC5)c(=O)c4s3)cc(F)c2n1. The van der Waals surface area contributed by atoms with E-state index in [1.807, 2.05) is 38.0 Å². The Labute approximate surface area is 171 Å². The van der Waals surface area contributed by atoms with Gasteiger partial charge in [0.15, 0.2) is 11.5 Å². The van der Waals surface area contributed by atoms with Gasteiger partial charge in [-0.05, 0) is 19.1 Å². The van der Waals surface area contributed by atoms with Crippen LogP contribution in [0, 0.1) is 12.7 Å². The molecule has 4 aromatic heterocycles. The summed E-state index contributed by atoms with van der Waals surface area (Å²) in [5.74, 6) is -0.385. The van der Waals surface area contributed by atoms with Crippen molar-refractivity contribution in [2.75, 3.05) is 31.2 Å². The molecule has 5 rings (SSSR count). The average Bonchev–Trinajstić information content (AvgIpc) is 3.34. The van der Waals surface area contributed by atoms with Crippen molar-refractivity contribution in [2.45, 2.75) is 20.8 Å². The van der Waals surface area contributed by atoms with Crippen LogP contribution in [0.3, 0.4) is 0 Å². The zero-order chi connectivity index (χ0) is 20.5. The number of halogens is 1. The number of thiophene rings is 1. The smallest absolute Gasteiger partial charge is 0.289 e. The van der Waals surface area contributed by atoms with Crippen LogP contribution >= 0.6 is 11.3 Å². The van der Waals surface area contributed by atoms with Gasteiger partial charge in [0, 0.05) is 49.0 Å². The second-order valence-corrected chi connectivity index (χ2v) is 7.67. The van der Waals surface area contributed by atoms with E-state index in [4.69, 9.17) is 0 Å². The van der Waals surface area contributed by atoms with Crippen molar-refractivity contribution in [3.63, 3.8) is 0 Å². The van der Waals surface area contributed by atoms with Gasteiger partial charge in [-0.15, -0.1) is 11.3 Å². The van der Waals surface area contributed by atoms with Gasteiger partial charge < -0.3 is 14.7 Å². The Hall–Kier alpha value is -2.78. The largest absolute Gasteiger partial charge is 0.313 e. The van der Waals surface area contributed by atoms with Gasteiger partial charge in [-0.25, -0.2) is 19.0 Å². The van der Waals surface area contributed by atoms with Crippen molar-refractivity contribution in [2.24, 2.45) is 0 Å². The highest BCUT2D eigenvalue weighted by molar-refractivity contribution is 7.22. The van der Waals surface area contributed by atoms with Crippen molar-refractivity contribution >= 4 is 27.2 Å². The highest BCUT2D eigenvalue weighted by Crippen LogP contribution is 2.31. The lowest BCUT2D eigenvalue weighted by Crippen LogP contribution is -2.52. The molecule has 0 unspecified atom stereocenters. The number of hydrogen-bond donors (Lipinski definition) is 1. The molecule has 1 saturated heterocycles. The third kappa shape index (κ3) is 3.51. The first-order valence-corrected chi connectivity index (χ1v) is 10.5. The van der Waals surface area contributed by atoms with E-state index in [2.05, 4.69) is 15.3 Å². The molecule has 0 spiro atoms. The molecule has 1 aliphatic heterocycles. The zero-order valence-electron chi connectivity index (χ0n) is 16.6. The highest BCUT2D eigenvalue weighted by Gasteiger charge is 2.17. The predicted octanol–water partition coefficient (Wildman–Crippen LogP) is 2.79. The number of rotatable bonds is 2. The van der Waals surface area contributed by atoms with Crippen LogP contribution in [-0.2, 0) is 0 Å². The molecule has 0 atom stereocenters. The Morgan fingerprint density at radius 1 is 1.17 bits per heavy atom. The van der Waals surface area contributed by atoms with Gasteiger partial charge in [0.1, 0.15) is 11.0 Å². The fraction of sp³-hybridized carbons (Fsp3) is 0.350. The molecule has 0 saturated carbocycles. The van der Waals surface area contributed by atoms with Gasteiger partial charge in [0.25, 0.3) is 5.56 Å². The highest BCUT2D eigenvalue weighted by atomic mass is 32.1. The van der Waals surface area contributed by atoms with Crippen molar-refractivity contribution < 1.29 is 4.39 Å². The van der Waals surface area contributed by atoms with Crippen LogP contribution in [0.4, 0.5) is 4.39 Å². The van der Waals surface area contributed by atoms with Gasteiger partial charge in [-0.3, -0.25) is 4.79 Å². The minimum Gasteiger partial charge on any atom is -0.313 e. The second kappa shape index (κ2) is 7.92. The first-order chi connectivity index (χ1) is 14.1. The topological polar surface area (TPSA) is 67.5 Å². The first kappa shape index (κ1) is 19.5. The summed E-state index contributed by atoms with van der Waals surface area (Å²) in [5, 5.41) is 5.26. The Morgan fingerprint density at radius 2 is 1.93 bits per heavy atom. The number of fused-ring (bicyclic) bond motifs is 2. The molecule has 9 heteroatoms. The molecule has 7 nitrogen and oxygen atoms in total. The fourth-order valence-electron chi connectivity index (χ4n) is 3.43. The standard InChI is InChI=1S/C18H17FN6OS.C2H6/c1-11-8-23-9-12(6-13(19)17(23)22-11)15-7-14-16(27-15)18(26)25(10-21-14)24-4-2-20-3-5-24;1-2/h6-10,20H,2-5H2,1H3;1-2H3. The van der Waals surface area contributed by atoms with Crippen molar-refractivity contribution in [3.05, 3.63) is 52.7 Å². The van der Waals surface area contributed by atoms with Gasteiger partial charge in [0.05, 0.1) is 11.2 Å². The first-order valence-electron chi connectivity index (χ1n) is 9.72. The predicted molar refractivity (Wildman–Crippen MR) is 115 cm³/mol. The Bertz CT molecular complexity index is 1220. The quantitative estimate of drug-likeness (QED) is 0.546. The van der Waals surface area contributed by atoms with Crippen molar-refractivity contribution in [3.8, 4) is 10.4 Å². The van der Waals surface area contributed by atoms with E-state index >= 15 is 0 Å². The Morgan fingerprint density at radius 3 is 2.69 bits per heavy atom. The summed E-state index contributed by atoms with van der Waals surface area (Å²) in [6.07, 6.45) is 5.19. The minimum absolute atomic E-state index is 0.0850. The van der Waals surface area contributed by atoms with Crippen LogP contribution in [0.15, 0.2) is 35.6 Å². The summed E-state index contributed by atoms with van der Waals surface area (Å²) < 4.78 is 18.3. The molecule has 29 heavy (non-hydrogen) atoms. The maximum atomic E-state index is 14.4. The number of pyridine rings is 1. The molecule has 1 aliphatic rings. The molecule has 0 aromatic carbocycles. The summed E-state index contributed by atoms with van der Waals surface area (Å²) in [6.45, 7) is 9.02. The van der Waals surface area contributed by atoms with Gasteiger partial charge >= 0.3 is 0 Å². The van der Waals surface area contributed by atoms with E-state index in [9.17, 15) is 9.18 Å². The Kier molecular flexibility index (Phi) is 5.33. The summed E-state index contributed by atoms with van der Waals surface area (Å²) in [6, 6.07) is 3.30. The minimum atomic E-state index is -0.385. The monoisotopic (exact) mass is 414 g/mol. The fourth-order valence-corrected chi connectivity index (χ4v) is 4.45. The summed E-state index contributed by atoms with van der Waals surface area (Å²) in [5.41, 5.74) is 2.31. The molecule has 1 fully saturated rings. The molecular weight excluding hydrogens is 391 g/mol. The summed E-state index contributed by atoms with van der Waals surface area (Å²) in [4.78, 5) is 22.4. The van der Waals surface area contributed by atoms with Gasteiger partial charge in [0.2, 0.25) is 0 Å². The van der Waals surface area contributed by atoms with Crippen LogP contribution in [0.25, 0.3) is 26.3 Å². The third-order valence-electron chi connectivity index (χ3n) is 4.73. The van der Waals surface area contributed by atoms with E-state index in [0.717, 1.165) is 36.8 Å². The van der Waals surface area contributed by atoms with Crippen LogP contribution in [0.5, 0.6) is 0 Å². The molecule has 0 radical (unpaired) electrons. The molecule has 1 N–H and O–H groups in total. The lowest BCUT2D eigenvalue weighted by atomic mass is 10.2. The number of aryl methyl sites for hydroxylation is 1. The zero-order valence-corrected chi connectivity index (χ0v) is 17.5. The van der Waals surface area contributed by atoms with Crippen molar-refractivity contribution in [1.82, 2.24) is 24.4 Å². The normalized spacial score (nSPS) is 14.3. The number of nitrogens with zero attached hydrogens (tertiary/aromatic N) is 5. The van der Waals surface area contributed by atoms with Crippen LogP contribution < -0.4 is 15.9 Å². The Balaban J connectivity index is 0.000000994. The summed E-state index contributed by atoms with van der Waals surface area (Å²) >= 11 is 1.34. The van der Waals surface area contributed by atoms with Crippen molar-refractivity contribution in [1.29, 1.82) is 0 Å². The number of nitrogens with one attached hydrogen (secondary N) is 1. The second-order valence-electron chi connectivity index (χ2n) is 6.61. The average molecular weight is 415 g/mol. The van der Waals surface area contributed by atoms with E-state index < -0.39 is 0 Å². The van der Waals surface area contributed by atoms with Crippen LogP contribution in [0.2, 0.25) is 0 Å². The lowest BCUT2D eigenvalue weighted by molar-refractivity contribution is 0.480. The number of piperazine rings is 1. The van der Waals surface area contributed by atoms with Gasteiger partial charge in [-0.2, -0.15) is 0 Å². The lowest BCUT2D eigenvalue weighted by Gasteiger charge is -2.29. The van der Waals surface area contributed by atoms with Gasteiger partial charge in [-0.1, -0.05) is 13.8 Å². The van der Waals surface area contributed by atoms with Crippen LogP contribution in [0.1, 0.15) is 19.5 Å². The van der Waals surface area contributed by atoms with E-state index in [1.54, 1.807) is 21.6 Å². The maximum Gasteiger partial charge on any atom is 0.289 e.